The molecule has 2 aromatic heterocycles. The van der Waals surface area contributed by atoms with E-state index in [-0.39, 0.29) is 6.42 Å². The van der Waals surface area contributed by atoms with E-state index in [1.165, 1.54) is 11.1 Å². The van der Waals surface area contributed by atoms with Crippen LogP contribution >= 0.6 is 0 Å². The molecule has 0 amide bonds. The highest BCUT2D eigenvalue weighted by Crippen LogP contribution is 2.26. The number of aromatic nitrogens is 3. The van der Waals surface area contributed by atoms with Crippen LogP contribution in [0.25, 0.3) is 10.9 Å². The zero-order valence-electron chi connectivity index (χ0n) is 20.6. The molecule has 0 unspecified atom stereocenters. The standard InChI is InChI=1S/C28H32N4O3/c1-4-21-16-29-28(30-17-21)32(18-22-8-5-7-20(2)13-22)11-6-12-35-24-9-10-26-25(15-24)23(14-27(33)34)19-31(26)3/h5,7-10,13,15-17,19H,4,6,11-12,14,18H2,1-3H3,(H,33,34). The summed E-state index contributed by atoms with van der Waals surface area (Å²) in [6.07, 6.45) is 7.35. The normalized spacial score (nSPS) is 11.1. The predicted octanol–water partition coefficient (Wildman–Crippen LogP) is 4.94. The second kappa shape index (κ2) is 11.0. The number of rotatable bonds is 11. The number of fused-ring (bicyclic) bond motifs is 1. The second-order valence-corrected chi connectivity index (χ2v) is 8.87. The number of carboxylic acids is 1. The molecule has 7 heteroatoms. The third kappa shape index (κ3) is 6.18. The molecule has 0 saturated heterocycles. The van der Waals surface area contributed by atoms with Crippen molar-refractivity contribution in [3.8, 4) is 5.75 Å². The van der Waals surface area contributed by atoms with Crippen LogP contribution < -0.4 is 9.64 Å². The molecule has 0 bridgehead atoms. The molecule has 0 fully saturated rings. The van der Waals surface area contributed by atoms with E-state index in [0.717, 1.165) is 53.7 Å². The van der Waals surface area contributed by atoms with Gasteiger partial charge in [0.15, 0.2) is 0 Å². The van der Waals surface area contributed by atoms with E-state index in [1.807, 2.05) is 48.4 Å². The lowest BCUT2D eigenvalue weighted by molar-refractivity contribution is -0.136. The highest BCUT2D eigenvalue weighted by atomic mass is 16.5. The lowest BCUT2D eigenvalue weighted by Crippen LogP contribution is -2.27. The van der Waals surface area contributed by atoms with Crippen LogP contribution in [0.2, 0.25) is 0 Å². The minimum absolute atomic E-state index is 0.00840. The highest BCUT2D eigenvalue weighted by molar-refractivity contribution is 5.88. The van der Waals surface area contributed by atoms with Crippen molar-refractivity contribution in [2.75, 3.05) is 18.1 Å². The lowest BCUT2D eigenvalue weighted by Gasteiger charge is -2.23. The summed E-state index contributed by atoms with van der Waals surface area (Å²) in [7, 11) is 1.92. The summed E-state index contributed by atoms with van der Waals surface area (Å²) in [5.41, 5.74) is 5.34. The van der Waals surface area contributed by atoms with Gasteiger partial charge in [0.05, 0.1) is 13.0 Å². The van der Waals surface area contributed by atoms with Crippen molar-refractivity contribution in [3.05, 3.63) is 83.3 Å². The number of aliphatic carboxylic acids is 1. The Bertz CT molecular complexity index is 1300. The van der Waals surface area contributed by atoms with Gasteiger partial charge in [-0.05, 0) is 54.7 Å². The summed E-state index contributed by atoms with van der Waals surface area (Å²) in [6, 6.07) is 14.3. The van der Waals surface area contributed by atoms with Gasteiger partial charge in [0.1, 0.15) is 5.75 Å². The summed E-state index contributed by atoms with van der Waals surface area (Å²) in [6.45, 7) is 6.19. The van der Waals surface area contributed by atoms with Gasteiger partial charge < -0.3 is 19.3 Å². The maximum atomic E-state index is 11.2. The maximum Gasteiger partial charge on any atom is 0.307 e. The Balaban J connectivity index is 1.43. The molecule has 4 aromatic rings. The van der Waals surface area contributed by atoms with E-state index in [0.29, 0.717) is 12.6 Å². The fourth-order valence-corrected chi connectivity index (χ4v) is 4.27. The van der Waals surface area contributed by atoms with Crippen LogP contribution in [0.4, 0.5) is 5.95 Å². The Labute approximate surface area is 206 Å². The van der Waals surface area contributed by atoms with Crippen LogP contribution in [0.15, 0.2) is 61.1 Å². The number of carboxylic acid groups (broad SMARTS) is 1. The molecule has 7 nitrogen and oxygen atoms in total. The van der Waals surface area contributed by atoms with Crippen LogP contribution in [-0.4, -0.2) is 38.8 Å². The Morgan fingerprint density at radius 1 is 1.11 bits per heavy atom. The number of hydrogen-bond donors (Lipinski definition) is 1. The van der Waals surface area contributed by atoms with E-state index in [1.54, 1.807) is 0 Å². The van der Waals surface area contributed by atoms with E-state index < -0.39 is 5.97 Å². The highest BCUT2D eigenvalue weighted by Gasteiger charge is 2.13. The SMILES string of the molecule is CCc1cnc(N(CCCOc2ccc3c(c2)c(CC(=O)O)cn3C)Cc2cccc(C)c2)nc1. The predicted molar refractivity (Wildman–Crippen MR) is 138 cm³/mol. The van der Waals surface area contributed by atoms with Crippen molar-refractivity contribution >= 4 is 22.8 Å². The molecule has 0 aliphatic heterocycles. The number of anilines is 1. The average molecular weight is 473 g/mol. The number of ether oxygens (including phenoxy) is 1. The van der Waals surface area contributed by atoms with E-state index in [4.69, 9.17) is 4.74 Å². The van der Waals surface area contributed by atoms with Crippen molar-refractivity contribution in [2.24, 2.45) is 7.05 Å². The summed E-state index contributed by atoms with van der Waals surface area (Å²) in [4.78, 5) is 22.6. The smallest absolute Gasteiger partial charge is 0.307 e. The molecule has 0 spiro atoms. The number of benzene rings is 2. The molecule has 0 aliphatic carbocycles. The van der Waals surface area contributed by atoms with Gasteiger partial charge >= 0.3 is 5.97 Å². The van der Waals surface area contributed by atoms with Crippen molar-refractivity contribution < 1.29 is 14.6 Å². The molecule has 182 valence electrons. The van der Waals surface area contributed by atoms with Crippen LogP contribution in [0, 0.1) is 6.92 Å². The first kappa shape index (κ1) is 24.3. The van der Waals surface area contributed by atoms with E-state index in [2.05, 4.69) is 53.0 Å². The summed E-state index contributed by atoms with van der Waals surface area (Å²) < 4.78 is 8.00. The molecule has 0 aliphatic rings. The first-order valence-corrected chi connectivity index (χ1v) is 12.0. The largest absolute Gasteiger partial charge is 0.494 e. The van der Waals surface area contributed by atoms with Crippen molar-refractivity contribution in [2.45, 2.75) is 39.7 Å². The number of carbonyl (C=O) groups is 1. The minimum Gasteiger partial charge on any atom is -0.494 e. The van der Waals surface area contributed by atoms with Crippen molar-refractivity contribution in [1.82, 2.24) is 14.5 Å². The van der Waals surface area contributed by atoms with Gasteiger partial charge in [0.2, 0.25) is 5.95 Å². The van der Waals surface area contributed by atoms with Crippen molar-refractivity contribution in [3.63, 3.8) is 0 Å². The van der Waals surface area contributed by atoms with Gasteiger partial charge in [-0.3, -0.25) is 4.79 Å². The third-order valence-electron chi connectivity index (χ3n) is 6.06. The van der Waals surface area contributed by atoms with Crippen LogP contribution in [0.3, 0.4) is 0 Å². The molecule has 4 rings (SSSR count). The first-order chi connectivity index (χ1) is 16.9. The van der Waals surface area contributed by atoms with Gasteiger partial charge in [-0.25, -0.2) is 9.97 Å². The zero-order chi connectivity index (χ0) is 24.8. The quantitative estimate of drug-likeness (QED) is 0.311. The molecular weight excluding hydrogens is 440 g/mol. The Kier molecular flexibility index (Phi) is 7.65. The minimum atomic E-state index is -0.841. The summed E-state index contributed by atoms with van der Waals surface area (Å²) >= 11 is 0. The van der Waals surface area contributed by atoms with Gasteiger partial charge in [0.25, 0.3) is 0 Å². The van der Waals surface area contributed by atoms with Crippen LogP contribution in [0.5, 0.6) is 5.75 Å². The summed E-state index contributed by atoms with van der Waals surface area (Å²) in [5, 5.41) is 10.1. The molecule has 2 heterocycles. The molecule has 0 saturated carbocycles. The first-order valence-electron chi connectivity index (χ1n) is 12.0. The molecule has 0 atom stereocenters. The van der Waals surface area contributed by atoms with Gasteiger partial charge in [-0.15, -0.1) is 0 Å². The second-order valence-electron chi connectivity index (χ2n) is 8.87. The van der Waals surface area contributed by atoms with Gasteiger partial charge in [0, 0.05) is 49.6 Å². The van der Waals surface area contributed by atoms with Crippen LogP contribution in [-0.2, 0) is 31.2 Å². The zero-order valence-corrected chi connectivity index (χ0v) is 20.6. The van der Waals surface area contributed by atoms with Crippen molar-refractivity contribution in [1.29, 1.82) is 0 Å². The number of aryl methyl sites for hydroxylation is 3. The topological polar surface area (TPSA) is 80.5 Å². The Morgan fingerprint density at radius 2 is 1.91 bits per heavy atom. The maximum absolute atomic E-state index is 11.2. The lowest BCUT2D eigenvalue weighted by atomic mass is 10.1. The van der Waals surface area contributed by atoms with Gasteiger partial charge in [-0.1, -0.05) is 36.8 Å². The van der Waals surface area contributed by atoms with Gasteiger partial charge in [-0.2, -0.15) is 0 Å². The molecule has 0 radical (unpaired) electrons. The monoisotopic (exact) mass is 472 g/mol. The fourth-order valence-electron chi connectivity index (χ4n) is 4.27. The van der Waals surface area contributed by atoms with E-state index in [9.17, 15) is 9.90 Å². The third-order valence-corrected chi connectivity index (χ3v) is 6.06. The average Bonchev–Trinajstić information content (AvgIpc) is 3.15. The number of hydrogen-bond acceptors (Lipinski definition) is 5. The van der Waals surface area contributed by atoms with Crippen LogP contribution in [0.1, 0.15) is 35.6 Å². The summed E-state index contributed by atoms with van der Waals surface area (Å²) in [5.74, 6) is 0.614. The fraction of sp³-hybridized carbons (Fsp3) is 0.321. The number of nitrogens with zero attached hydrogens (tertiary/aromatic N) is 4. The molecular formula is C28H32N4O3. The Morgan fingerprint density at radius 3 is 2.63 bits per heavy atom. The molecule has 35 heavy (non-hydrogen) atoms. The Hall–Kier alpha value is -3.87. The van der Waals surface area contributed by atoms with E-state index >= 15 is 0 Å². The molecule has 2 aromatic carbocycles. The molecule has 1 N–H and O–H groups in total.